The van der Waals surface area contributed by atoms with Gasteiger partial charge in [-0.3, -0.25) is 68.0 Å². The molecule has 0 aliphatic carbocycles. The summed E-state index contributed by atoms with van der Waals surface area (Å²) in [7, 11) is 8.52. The number of carbonyl (C=O) groups is 6. The van der Waals surface area contributed by atoms with Crippen molar-refractivity contribution in [3.05, 3.63) is 0 Å². The van der Waals surface area contributed by atoms with Crippen LogP contribution in [0.3, 0.4) is 0 Å². The summed E-state index contributed by atoms with van der Waals surface area (Å²) in [6, 6.07) is 2.24. The summed E-state index contributed by atoms with van der Waals surface area (Å²) in [5, 5.41) is 6.57. The van der Waals surface area contributed by atoms with E-state index in [-0.39, 0.29) is 35.8 Å². The molecule has 0 bridgehead atoms. The minimum absolute atomic E-state index is 0.0937. The number of rotatable bonds is 39. The van der Waals surface area contributed by atoms with Crippen molar-refractivity contribution in [2.75, 3.05) is 239 Å². The summed E-state index contributed by atoms with van der Waals surface area (Å²) in [6.07, 6.45) is 8.95. The third-order valence-corrected chi connectivity index (χ3v) is 16.9. The molecule has 0 unspecified atom stereocenters. The van der Waals surface area contributed by atoms with Gasteiger partial charge in [-0.1, -0.05) is 12.8 Å². The number of hydrogen-bond acceptors (Lipinski definition) is 26. The van der Waals surface area contributed by atoms with Crippen LogP contribution in [-0.2, 0) is 57.2 Å². The molecule has 4 aliphatic rings. The molecule has 0 saturated carbocycles. The van der Waals surface area contributed by atoms with Gasteiger partial charge >= 0.3 is 35.8 Å². The second-order valence-electron chi connectivity index (χ2n) is 23.5. The van der Waals surface area contributed by atoms with Crippen molar-refractivity contribution in [2.45, 2.75) is 129 Å². The number of hydrogen-bond donors (Lipinski definition) is 5. The van der Waals surface area contributed by atoms with Crippen LogP contribution >= 0.6 is 0 Å². The number of unbranched alkanes of at least 4 members (excludes halogenated alkanes) is 4. The highest BCUT2D eigenvalue weighted by Gasteiger charge is 2.26. The minimum atomic E-state index is -0.230. The number of ether oxygens (including phenoxy) is 6. The first-order chi connectivity index (χ1) is 42.4. The van der Waals surface area contributed by atoms with Crippen molar-refractivity contribution in [3.8, 4) is 0 Å². The van der Waals surface area contributed by atoms with E-state index in [4.69, 9.17) is 26.7 Å². The monoisotopic (exact) mass is 1260 g/mol. The van der Waals surface area contributed by atoms with Crippen molar-refractivity contribution >= 4 is 35.8 Å². The Morgan fingerprint density at radius 2 is 0.636 bits per heavy atom. The lowest BCUT2D eigenvalue weighted by molar-refractivity contribution is -0.142. The van der Waals surface area contributed by atoms with Gasteiger partial charge in [0.05, 0.1) is 68.3 Å². The van der Waals surface area contributed by atoms with Gasteiger partial charge in [0.25, 0.3) is 0 Å². The Hall–Kier alpha value is -3.74. The first kappa shape index (κ1) is 82.3. The Morgan fingerprint density at radius 1 is 0.341 bits per heavy atom. The summed E-state index contributed by atoms with van der Waals surface area (Å²) in [5.74, 6) is -0.983. The summed E-state index contributed by atoms with van der Waals surface area (Å²) >= 11 is 0. The Balaban J connectivity index is 0.000000592. The van der Waals surface area contributed by atoms with E-state index in [2.05, 4.69) is 101 Å². The van der Waals surface area contributed by atoms with Gasteiger partial charge in [-0.05, 0) is 66.5 Å². The largest absolute Gasteiger partial charge is 0.469 e. The number of nitrogens with zero attached hydrogens (tertiary/aromatic N) is 9. The Bertz CT molecular complexity index is 1800. The van der Waals surface area contributed by atoms with Crippen LogP contribution in [0.25, 0.3) is 0 Å². The second-order valence-corrected chi connectivity index (χ2v) is 23.5. The molecule has 26 nitrogen and oxygen atoms in total. The molecule has 0 radical (unpaired) electrons. The zero-order valence-corrected chi connectivity index (χ0v) is 56.7. The van der Waals surface area contributed by atoms with E-state index in [0.717, 1.165) is 202 Å². The van der Waals surface area contributed by atoms with E-state index in [0.29, 0.717) is 95.4 Å². The smallest absolute Gasteiger partial charge is 0.306 e. The van der Waals surface area contributed by atoms with Gasteiger partial charge in [-0.25, -0.2) is 0 Å². The van der Waals surface area contributed by atoms with Gasteiger partial charge in [0.2, 0.25) is 0 Å². The molecule has 0 spiro atoms. The molecule has 4 heterocycles. The predicted molar refractivity (Wildman–Crippen MR) is 347 cm³/mol. The Morgan fingerprint density at radius 3 is 0.955 bits per heavy atom. The van der Waals surface area contributed by atoms with E-state index in [1.807, 2.05) is 0 Å². The molecule has 8 N–H and O–H groups in total. The van der Waals surface area contributed by atoms with Gasteiger partial charge in [0.1, 0.15) is 0 Å². The van der Waals surface area contributed by atoms with Crippen LogP contribution in [0, 0.1) is 0 Å². The second kappa shape index (κ2) is 52.8. The SMILES string of the molecule is COC(=O)CCCCCN1CCN(CCN)C[C@@H]1C.COC(=O)CCCCCN1CCN(CCNCCC(=O)OC)C[C@@H]1C.COC(=O)CCN(CCC(=O)OC)CCN1CCN(CCN)[C@@H](C)C1.COC(=O)CCNCCN1CCN(CCN)[C@@H](C)C1. The molecule has 516 valence electrons. The standard InChI is InChI=1S/C18H35N3O4.C17H34N4O4.C14H29N3O2.C13H28N4O2/c1-16-15-20(12-10-19-9-8-18(23)25-3)13-14-21(16)11-6-4-5-7-17(22)24-2;1-15-14-20(12-13-21(15)9-6-18)11-10-19(7-4-16(22)24-2)8-5-17(23)25-3;1-13-12-16(9-7-15)10-11-17(13)8-5-3-4-6-14(18)19-2;1-12-11-16(9-10-17(12)7-4-14)8-6-15-5-3-13(18)19-2/h16,19H,4-15H2,1-3H3;15H,4-14,18H2,1-3H3;13H,3-12,15H2,1-2H3;12,15H,3-11,14H2,1-2H3/t16-;15-;13-;12-/m0000/s1. The zero-order chi connectivity index (χ0) is 65.3. The molecule has 0 aromatic rings. The van der Waals surface area contributed by atoms with Crippen LogP contribution in [-0.4, -0.2) is 343 Å². The fourth-order valence-corrected chi connectivity index (χ4v) is 11.3. The molecule has 88 heavy (non-hydrogen) atoms. The molecular formula is C62H126N14O12. The highest BCUT2D eigenvalue weighted by molar-refractivity contribution is 5.71. The summed E-state index contributed by atoms with van der Waals surface area (Å²) < 4.78 is 27.9. The van der Waals surface area contributed by atoms with E-state index >= 15 is 0 Å². The summed E-state index contributed by atoms with van der Waals surface area (Å²) in [6.45, 7) is 37.6. The van der Waals surface area contributed by atoms with Crippen LogP contribution in [0.1, 0.15) is 105 Å². The van der Waals surface area contributed by atoms with Crippen LogP contribution in [0.5, 0.6) is 0 Å². The van der Waals surface area contributed by atoms with Crippen LogP contribution in [0.2, 0.25) is 0 Å². The lowest BCUT2D eigenvalue weighted by Crippen LogP contribution is -2.54. The fraction of sp³-hybridized carbons (Fsp3) is 0.903. The van der Waals surface area contributed by atoms with Gasteiger partial charge < -0.3 is 61.2 Å². The topological polar surface area (TPSA) is 289 Å². The molecule has 4 saturated heterocycles. The molecule has 4 rings (SSSR count). The third kappa shape index (κ3) is 40.2. The molecule has 4 fully saturated rings. The number of nitrogens with one attached hydrogen (secondary N) is 2. The number of methoxy groups -OCH3 is 6. The van der Waals surface area contributed by atoms with Gasteiger partial charge in [-0.15, -0.1) is 0 Å². The molecule has 26 heteroatoms. The normalized spacial score (nSPS) is 20.1. The average Bonchev–Trinajstić information content (AvgIpc) is 3.64. The van der Waals surface area contributed by atoms with Crippen LogP contribution in [0.4, 0.5) is 0 Å². The van der Waals surface area contributed by atoms with Gasteiger partial charge in [0.15, 0.2) is 0 Å². The molecule has 0 amide bonds. The fourth-order valence-electron chi connectivity index (χ4n) is 11.3. The lowest BCUT2D eigenvalue weighted by Gasteiger charge is -2.40. The van der Waals surface area contributed by atoms with E-state index in [1.54, 1.807) is 0 Å². The maximum absolute atomic E-state index is 11.4. The number of piperazine rings is 4. The van der Waals surface area contributed by atoms with Crippen molar-refractivity contribution in [3.63, 3.8) is 0 Å². The van der Waals surface area contributed by atoms with Crippen molar-refractivity contribution in [1.29, 1.82) is 0 Å². The first-order valence-electron chi connectivity index (χ1n) is 32.9. The average molecular weight is 1260 g/mol. The minimum Gasteiger partial charge on any atom is -0.469 e. The number of nitrogens with two attached hydrogens (primary N) is 3. The first-order valence-corrected chi connectivity index (χ1v) is 32.9. The highest BCUT2D eigenvalue weighted by atomic mass is 16.5. The van der Waals surface area contributed by atoms with Crippen molar-refractivity contribution in [1.82, 2.24) is 54.7 Å². The third-order valence-electron chi connectivity index (χ3n) is 16.9. The molecule has 0 aromatic carbocycles. The molecular weight excluding hydrogens is 1130 g/mol. The quantitative estimate of drug-likeness (QED) is 0.0309. The van der Waals surface area contributed by atoms with Crippen LogP contribution in [0.15, 0.2) is 0 Å². The van der Waals surface area contributed by atoms with Gasteiger partial charge in [-0.2, -0.15) is 0 Å². The van der Waals surface area contributed by atoms with Crippen LogP contribution < -0.4 is 27.8 Å². The zero-order valence-electron chi connectivity index (χ0n) is 56.7. The highest BCUT2D eigenvalue weighted by Crippen LogP contribution is 2.14. The maximum atomic E-state index is 11.4. The predicted octanol–water partition coefficient (Wildman–Crippen LogP) is 0.0465. The number of esters is 6. The number of carbonyl (C=O) groups excluding carboxylic acids is 6. The summed E-state index contributed by atoms with van der Waals surface area (Å²) in [4.78, 5) is 88.7. The Kier molecular flexibility index (Phi) is 49.4. The van der Waals surface area contributed by atoms with E-state index in [1.165, 1.54) is 42.7 Å². The lowest BCUT2D eigenvalue weighted by atomic mass is 10.1. The van der Waals surface area contributed by atoms with Crippen molar-refractivity contribution in [2.24, 2.45) is 17.2 Å². The van der Waals surface area contributed by atoms with E-state index < -0.39 is 0 Å². The maximum Gasteiger partial charge on any atom is 0.306 e. The summed E-state index contributed by atoms with van der Waals surface area (Å²) in [5.41, 5.74) is 16.9. The van der Waals surface area contributed by atoms with Gasteiger partial charge in [0, 0.05) is 220 Å². The van der Waals surface area contributed by atoms with E-state index in [9.17, 15) is 28.8 Å². The molecule has 4 aliphatic heterocycles. The Labute approximate surface area is 531 Å². The molecule has 4 atom stereocenters. The molecule has 0 aromatic heterocycles. The van der Waals surface area contributed by atoms with Crippen molar-refractivity contribution < 1.29 is 57.2 Å².